The van der Waals surface area contributed by atoms with Crippen LogP contribution in [0.25, 0.3) is 0 Å². The van der Waals surface area contributed by atoms with Crippen LogP contribution in [-0.4, -0.2) is 30.4 Å². The Balaban J connectivity index is 4.87. The minimum Gasteiger partial charge on any atom is -0.465 e. The molecular weight excluding hydrogens is 224 g/mol. The summed E-state index contributed by atoms with van der Waals surface area (Å²) in [7, 11) is 0. The van der Waals surface area contributed by atoms with E-state index in [9.17, 15) is 14.4 Å². The number of esters is 2. The molecule has 0 spiro atoms. The molecule has 0 aliphatic rings. The van der Waals surface area contributed by atoms with Crippen LogP contribution in [0, 0.1) is 5.92 Å². The molecule has 17 heavy (non-hydrogen) atoms. The molecule has 0 N–H and O–H groups in total. The second-order valence-corrected chi connectivity index (χ2v) is 3.78. The summed E-state index contributed by atoms with van der Waals surface area (Å²) in [4.78, 5) is 34.1. The van der Waals surface area contributed by atoms with Crippen LogP contribution in [0.4, 0.5) is 0 Å². The van der Waals surface area contributed by atoms with Gasteiger partial charge in [0.2, 0.25) is 0 Å². The van der Waals surface area contributed by atoms with Gasteiger partial charge in [-0.1, -0.05) is 13.3 Å². The van der Waals surface area contributed by atoms with Gasteiger partial charge in [-0.05, 0) is 20.3 Å². The molecule has 5 heteroatoms. The lowest BCUT2D eigenvalue weighted by Gasteiger charge is -2.22. The monoisotopic (exact) mass is 244 g/mol. The van der Waals surface area contributed by atoms with Gasteiger partial charge >= 0.3 is 11.9 Å². The zero-order chi connectivity index (χ0) is 13.4. The van der Waals surface area contributed by atoms with Crippen molar-refractivity contribution >= 4 is 17.7 Å². The van der Waals surface area contributed by atoms with Crippen LogP contribution in [-0.2, 0) is 23.9 Å². The molecule has 0 amide bonds. The van der Waals surface area contributed by atoms with E-state index in [1.807, 2.05) is 6.92 Å². The number of hydrogen-bond donors (Lipinski definition) is 0. The van der Waals surface area contributed by atoms with Crippen LogP contribution in [0.1, 0.15) is 40.5 Å². The van der Waals surface area contributed by atoms with Crippen molar-refractivity contribution < 1.29 is 23.9 Å². The average Bonchev–Trinajstić information content (AvgIpc) is 2.16. The highest BCUT2D eigenvalue weighted by Gasteiger charge is 2.35. The van der Waals surface area contributed by atoms with E-state index >= 15 is 0 Å². The highest BCUT2D eigenvalue weighted by molar-refractivity contribution is 5.98. The number of hydrogen-bond acceptors (Lipinski definition) is 5. The van der Waals surface area contributed by atoms with Crippen molar-refractivity contribution in [3.63, 3.8) is 0 Å². The Kier molecular flexibility index (Phi) is 7.18. The molecule has 0 aliphatic carbocycles. The molecule has 2 atom stereocenters. The summed E-state index contributed by atoms with van der Waals surface area (Å²) in [5.41, 5.74) is 0. The van der Waals surface area contributed by atoms with E-state index in [1.54, 1.807) is 6.92 Å². The quantitative estimate of drug-likeness (QED) is 0.501. The minimum absolute atomic E-state index is 0.196. The molecule has 0 heterocycles. The summed E-state index contributed by atoms with van der Waals surface area (Å²) < 4.78 is 9.84. The topological polar surface area (TPSA) is 69.7 Å². The largest absolute Gasteiger partial charge is 0.465 e. The van der Waals surface area contributed by atoms with Crippen LogP contribution >= 0.6 is 0 Å². The molecule has 0 rings (SSSR count). The van der Waals surface area contributed by atoms with Crippen molar-refractivity contribution in [2.45, 2.75) is 46.6 Å². The maximum Gasteiger partial charge on any atom is 0.320 e. The van der Waals surface area contributed by atoms with Gasteiger partial charge in [0.15, 0.2) is 5.92 Å². The molecule has 0 fully saturated rings. The highest BCUT2D eigenvalue weighted by atomic mass is 16.6. The molecular formula is C12H20O5. The predicted octanol–water partition coefficient (Wildman–Crippen LogP) is 1.49. The number of carbonyl (C=O) groups is 3. The number of ether oxygens (including phenoxy) is 2. The zero-order valence-corrected chi connectivity index (χ0v) is 10.8. The molecule has 98 valence electrons. The van der Waals surface area contributed by atoms with Gasteiger partial charge < -0.3 is 9.47 Å². The van der Waals surface area contributed by atoms with Gasteiger partial charge in [0, 0.05) is 6.92 Å². The summed E-state index contributed by atoms with van der Waals surface area (Å²) >= 11 is 0. The zero-order valence-electron chi connectivity index (χ0n) is 10.8. The minimum atomic E-state index is -1.02. The van der Waals surface area contributed by atoms with Gasteiger partial charge in [-0.3, -0.25) is 14.4 Å². The van der Waals surface area contributed by atoms with Gasteiger partial charge in [-0.15, -0.1) is 0 Å². The van der Waals surface area contributed by atoms with E-state index in [1.165, 1.54) is 13.8 Å². The van der Waals surface area contributed by atoms with Gasteiger partial charge in [-0.2, -0.15) is 0 Å². The first-order chi connectivity index (χ1) is 7.93. The van der Waals surface area contributed by atoms with E-state index in [0.29, 0.717) is 12.8 Å². The Hall–Kier alpha value is -1.39. The van der Waals surface area contributed by atoms with Gasteiger partial charge in [-0.25, -0.2) is 0 Å². The molecule has 5 nitrogen and oxygen atoms in total. The SMILES string of the molecule is CCCC(OC(C)=O)C(C(C)=O)C(=O)OCC. The summed E-state index contributed by atoms with van der Waals surface area (Å²) in [5.74, 6) is -2.49. The Morgan fingerprint density at radius 2 is 1.71 bits per heavy atom. The fourth-order valence-corrected chi connectivity index (χ4v) is 1.60. The van der Waals surface area contributed by atoms with E-state index in [4.69, 9.17) is 9.47 Å². The smallest absolute Gasteiger partial charge is 0.320 e. The fraction of sp³-hybridized carbons (Fsp3) is 0.750. The molecule has 0 bridgehead atoms. The number of rotatable bonds is 7. The standard InChI is InChI=1S/C12H20O5/c1-5-7-10(17-9(4)14)11(8(3)13)12(15)16-6-2/h10-11H,5-7H2,1-4H3. The summed E-state index contributed by atoms with van der Waals surface area (Å²) in [6.07, 6.45) is 0.443. The maximum atomic E-state index is 11.6. The summed E-state index contributed by atoms with van der Waals surface area (Å²) in [5, 5.41) is 0. The second-order valence-electron chi connectivity index (χ2n) is 3.78. The average molecular weight is 244 g/mol. The lowest BCUT2D eigenvalue weighted by atomic mass is 9.95. The first-order valence-corrected chi connectivity index (χ1v) is 5.78. The molecule has 0 aromatic carbocycles. The lowest BCUT2D eigenvalue weighted by Crippen LogP contribution is -2.38. The van der Waals surface area contributed by atoms with Crippen molar-refractivity contribution in [3.05, 3.63) is 0 Å². The fourth-order valence-electron chi connectivity index (χ4n) is 1.60. The number of carbonyl (C=O) groups excluding carboxylic acids is 3. The Bertz CT molecular complexity index is 285. The first-order valence-electron chi connectivity index (χ1n) is 5.78. The number of Topliss-reactive ketones (excluding diaryl/α,β-unsaturated/α-hetero) is 1. The third-order valence-corrected chi connectivity index (χ3v) is 2.24. The molecule has 2 unspecified atom stereocenters. The van der Waals surface area contributed by atoms with Crippen molar-refractivity contribution in [1.82, 2.24) is 0 Å². The molecule has 0 aromatic rings. The van der Waals surface area contributed by atoms with Crippen LogP contribution < -0.4 is 0 Å². The van der Waals surface area contributed by atoms with Crippen LogP contribution in [0.15, 0.2) is 0 Å². The Morgan fingerprint density at radius 3 is 2.06 bits per heavy atom. The third-order valence-electron chi connectivity index (χ3n) is 2.24. The normalized spacial score (nSPS) is 13.6. The summed E-state index contributed by atoms with van der Waals surface area (Å²) in [6.45, 7) is 6.30. The van der Waals surface area contributed by atoms with E-state index in [-0.39, 0.29) is 12.4 Å². The van der Waals surface area contributed by atoms with Crippen LogP contribution in [0.3, 0.4) is 0 Å². The van der Waals surface area contributed by atoms with Gasteiger partial charge in [0.1, 0.15) is 11.9 Å². The molecule has 0 saturated carbocycles. The maximum absolute atomic E-state index is 11.6. The molecule has 0 radical (unpaired) electrons. The summed E-state index contributed by atoms with van der Waals surface area (Å²) in [6, 6.07) is 0. The molecule has 0 aliphatic heterocycles. The third kappa shape index (κ3) is 5.47. The van der Waals surface area contributed by atoms with Crippen molar-refractivity contribution in [3.8, 4) is 0 Å². The van der Waals surface area contributed by atoms with E-state index in [2.05, 4.69) is 0 Å². The van der Waals surface area contributed by atoms with E-state index < -0.39 is 24.0 Å². The van der Waals surface area contributed by atoms with Crippen molar-refractivity contribution in [1.29, 1.82) is 0 Å². The Morgan fingerprint density at radius 1 is 1.12 bits per heavy atom. The molecule has 0 saturated heterocycles. The second kappa shape index (κ2) is 7.81. The van der Waals surface area contributed by atoms with Crippen molar-refractivity contribution in [2.75, 3.05) is 6.61 Å². The van der Waals surface area contributed by atoms with Crippen LogP contribution in [0.2, 0.25) is 0 Å². The lowest BCUT2D eigenvalue weighted by molar-refractivity contribution is -0.163. The predicted molar refractivity (Wildman–Crippen MR) is 61.3 cm³/mol. The molecule has 0 aromatic heterocycles. The Labute approximate surface area is 101 Å². The number of ketones is 1. The van der Waals surface area contributed by atoms with Crippen molar-refractivity contribution in [2.24, 2.45) is 5.92 Å². The highest BCUT2D eigenvalue weighted by Crippen LogP contribution is 2.17. The first kappa shape index (κ1) is 15.6. The van der Waals surface area contributed by atoms with E-state index in [0.717, 1.165) is 0 Å². The van der Waals surface area contributed by atoms with Gasteiger partial charge in [0.25, 0.3) is 0 Å². The van der Waals surface area contributed by atoms with Gasteiger partial charge in [0.05, 0.1) is 6.61 Å². The van der Waals surface area contributed by atoms with Crippen LogP contribution in [0.5, 0.6) is 0 Å².